The summed E-state index contributed by atoms with van der Waals surface area (Å²) in [7, 11) is 0. The van der Waals surface area contributed by atoms with E-state index in [1.807, 2.05) is 30.5 Å². The van der Waals surface area contributed by atoms with Crippen molar-refractivity contribution in [1.29, 1.82) is 0 Å². The van der Waals surface area contributed by atoms with Gasteiger partial charge in [0.2, 0.25) is 5.88 Å². The molecule has 0 radical (unpaired) electrons. The van der Waals surface area contributed by atoms with Gasteiger partial charge in [0.1, 0.15) is 5.75 Å². The van der Waals surface area contributed by atoms with Crippen LogP contribution in [0.25, 0.3) is 0 Å². The SMILES string of the molecule is CCNC(C)c1ccc(Oc2cc(Br)ccc2Cl)nc1. The lowest BCUT2D eigenvalue weighted by Crippen LogP contribution is -2.17. The zero-order valence-electron chi connectivity index (χ0n) is 11.4. The minimum atomic E-state index is 0.274. The fourth-order valence-corrected chi connectivity index (χ4v) is 2.30. The maximum Gasteiger partial charge on any atom is 0.219 e. The summed E-state index contributed by atoms with van der Waals surface area (Å²) >= 11 is 9.48. The number of hydrogen-bond donors (Lipinski definition) is 1. The summed E-state index contributed by atoms with van der Waals surface area (Å²) in [4.78, 5) is 4.31. The summed E-state index contributed by atoms with van der Waals surface area (Å²) in [6.45, 7) is 5.11. The molecule has 2 rings (SSSR count). The van der Waals surface area contributed by atoms with Crippen LogP contribution in [0.5, 0.6) is 11.6 Å². The van der Waals surface area contributed by atoms with Crippen molar-refractivity contribution in [2.45, 2.75) is 19.9 Å². The molecule has 5 heteroatoms. The predicted octanol–water partition coefficient (Wildman–Crippen LogP) is 4.96. The molecule has 0 saturated carbocycles. The van der Waals surface area contributed by atoms with Crippen molar-refractivity contribution in [2.75, 3.05) is 6.54 Å². The third-order valence-electron chi connectivity index (χ3n) is 2.88. The Kier molecular flexibility index (Phi) is 5.40. The van der Waals surface area contributed by atoms with E-state index in [1.54, 1.807) is 6.07 Å². The van der Waals surface area contributed by atoms with Crippen molar-refractivity contribution in [2.24, 2.45) is 0 Å². The minimum absolute atomic E-state index is 0.274. The molecule has 1 N–H and O–H groups in total. The molecule has 0 fully saturated rings. The summed E-state index contributed by atoms with van der Waals surface area (Å²) in [5, 5.41) is 3.90. The summed E-state index contributed by atoms with van der Waals surface area (Å²) in [6, 6.07) is 9.59. The van der Waals surface area contributed by atoms with Crippen molar-refractivity contribution in [3.63, 3.8) is 0 Å². The fraction of sp³-hybridized carbons (Fsp3) is 0.267. The fourth-order valence-electron chi connectivity index (χ4n) is 1.80. The molecule has 1 heterocycles. The molecule has 1 unspecified atom stereocenters. The van der Waals surface area contributed by atoms with Gasteiger partial charge >= 0.3 is 0 Å². The molecule has 1 atom stereocenters. The van der Waals surface area contributed by atoms with Gasteiger partial charge in [0.15, 0.2) is 0 Å². The number of hydrogen-bond acceptors (Lipinski definition) is 3. The van der Waals surface area contributed by atoms with Gasteiger partial charge in [0.25, 0.3) is 0 Å². The number of nitrogens with one attached hydrogen (secondary N) is 1. The molecule has 1 aromatic carbocycles. The number of halogens is 2. The molecule has 0 bridgehead atoms. The van der Waals surface area contributed by atoms with Crippen molar-refractivity contribution < 1.29 is 4.74 Å². The highest BCUT2D eigenvalue weighted by Gasteiger charge is 2.07. The first kappa shape index (κ1) is 15.3. The number of benzene rings is 1. The monoisotopic (exact) mass is 354 g/mol. The van der Waals surface area contributed by atoms with Crippen LogP contribution in [-0.4, -0.2) is 11.5 Å². The molecule has 0 aliphatic carbocycles. The number of aromatic nitrogens is 1. The molecular weight excluding hydrogens is 340 g/mol. The first-order chi connectivity index (χ1) is 9.60. The normalized spacial score (nSPS) is 12.2. The lowest BCUT2D eigenvalue weighted by Gasteiger charge is -2.13. The van der Waals surface area contributed by atoms with Crippen LogP contribution in [0.1, 0.15) is 25.5 Å². The van der Waals surface area contributed by atoms with Crippen LogP contribution in [0.15, 0.2) is 41.0 Å². The Labute approximate surface area is 132 Å². The summed E-state index contributed by atoms with van der Waals surface area (Å²) in [5.74, 6) is 1.11. The molecule has 2 aromatic rings. The lowest BCUT2D eigenvalue weighted by molar-refractivity contribution is 0.461. The van der Waals surface area contributed by atoms with Crippen LogP contribution < -0.4 is 10.1 Å². The number of pyridine rings is 1. The molecular formula is C15H16BrClN2O. The Balaban J connectivity index is 2.12. The third kappa shape index (κ3) is 3.95. The van der Waals surface area contributed by atoms with Gasteiger partial charge < -0.3 is 10.1 Å². The summed E-state index contributed by atoms with van der Waals surface area (Å²) < 4.78 is 6.60. The largest absolute Gasteiger partial charge is 0.437 e. The van der Waals surface area contributed by atoms with Gasteiger partial charge in [-0.25, -0.2) is 4.98 Å². The van der Waals surface area contributed by atoms with Crippen LogP contribution in [0.3, 0.4) is 0 Å². The van der Waals surface area contributed by atoms with Gasteiger partial charge in [-0.05, 0) is 37.2 Å². The van der Waals surface area contributed by atoms with E-state index < -0.39 is 0 Å². The van der Waals surface area contributed by atoms with E-state index in [0.29, 0.717) is 16.7 Å². The van der Waals surface area contributed by atoms with Gasteiger partial charge in [-0.1, -0.05) is 40.5 Å². The Morgan fingerprint density at radius 2 is 2.15 bits per heavy atom. The quantitative estimate of drug-likeness (QED) is 0.823. The molecule has 0 spiro atoms. The maximum atomic E-state index is 6.09. The van der Waals surface area contributed by atoms with Crippen LogP contribution in [0.2, 0.25) is 5.02 Å². The van der Waals surface area contributed by atoms with E-state index in [9.17, 15) is 0 Å². The number of rotatable bonds is 5. The Morgan fingerprint density at radius 3 is 2.80 bits per heavy atom. The zero-order valence-corrected chi connectivity index (χ0v) is 13.7. The van der Waals surface area contributed by atoms with Gasteiger partial charge in [-0.15, -0.1) is 0 Å². The summed E-state index contributed by atoms with van der Waals surface area (Å²) in [5.41, 5.74) is 1.12. The highest BCUT2D eigenvalue weighted by atomic mass is 79.9. The van der Waals surface area contributed by atoms with E-state index in [2.05, 4.69) is 40.1 Å². The Morgan fingerprint density at radius 1 is 1.35 bits per heavy atom. The van der Waals surface area contributed by atoms with Crippen molar-refractivity contribution in [1.82, 2.24) is 10.3 Å². The molecule has 106 valence electrons. The van der Waals surface area contributed by atoms with E-state index in [0.717, 1.165) is 16.6 Å². The van der Waals surface area contributed by atoms with Gasteiger partial charge in [0.05, 0.1) is 5.02 Å². The van der Waals surface area contributed by atoms with Crippen LogP contribution >= 0.6 is 27.5 Å². The van der Waals surface area contributed by atoms with E-state index in [-0.39, 0.29) is 6.04 Å². The average molecular weight is 356 g/mol. The van der Waals surface area contributed by atoms with Crippen LogP contribution in [0, 0.1) is 0 Å². The van der Waals surface area contributed by atoms with Crippen molar-refractivity contribution in [3.8, 4) is 11.6 Å². The van der Waals surface area contributed by atoms with Crippen LogP contribution in [-0.2, 0) is 0 Å². The topological polar surface area (TPSA) is 34.1 Å². The molecule has 0 aliphatic heterocycles. The standard InChI is InChI=1S/C15H16BrClN2O/c1-3-18-10(2)11-4-7-15(19-9-11)20-14-8-12(16)5-6-13(14)17/h4-10,18H,3H2,1-2H3. The summed E-state index contributed by atoms with van der Waals surface area (Å²) in [6.07, 6.45) is 1.81. The second-order valence-corrected chi connectivity index (χ2v) is 5.71. The maximum absolute atomic E-state index is 6.09. The van der Waals surface area contributed by atoms with Crippen LogP contribution in [0.4, 0.5) is 0 Å². The smallest absolute Gasteiger partial charge is 0.219 e. The minimum Gasteiger partial charge on any atom is -0.437 e. The zero-order chi connectivity index (χ0) is 14.5. The van der Waals surface area contributed by atoms with Gasteiger partial charge in [0, 0.05) is 22.8 Å². The number of nitrogens with zero attached hydrogens (tertiary/aromatic N) is 1. The van der Waals surface area contributed by atoms with Gasteiger partial charge in [-0.2, -0.15) is 0 Å². The third-order valence-corrected chi connectivity index (χ3v) is 3.68. The Hall–Kier alpha value is -1.10. The first-order valence-electron chi connectivity index (χ1n) is 6.42. The molecule has 0 aliphatic rings. The highest BCUT2D eigenvalue weighted by molar-refractivity contribution is 9.10. The van der Waals surface area contributed by atoms with Gasteiger partial charge in [-0.3, -0.25) is 0 Å². The molecule has 20 heavy (non-hydrogen) atoms. The Bertz CT molecular complexity index is 575. The van der Waals surface area contributed by atoms with Crippen molar-refractivity contribution in [3.05, 3.63) is 51.6 Å². The second-order valence-electron chi connectivity index (χ2n) is 4.39. The average Bonchev–Trinajstić information content (AvgIpc) is 2.44. The number of ether oxygens (including phenoxy) is 1. The molecule has 0 saturated heterocycles. The molecule has 1 aromatic heterocycles. The predicted molar refractivity (Wildman–Crippen MR) is 85.6 cm³/mol. The molecule has 3 nitrogen and oxygen atoms in total. The molecule has 0 amide bonds. The highest BCUT2D eigenvalue weighted by Crippen LogP contribution is 2.31. The first-order valence-corrected chi connectivity index (χ1v) is 7.59. The van der Waals surface area contributed by atoms with Crippen molar-refractivity contribution >= 4 is 27.5 Å². The second kappa shape index (κ2) is 7.07. The van der Waals surface area contributed by atoms with E-state index >= 15 is 0 Å². The lowest BCUT2D eigenvalue weighted by atomic mass is 10.1. The van der Waals surface area contributed by atoms with E-state index in [4.69, 9.17) is 16.3 Å². The van der Waals surface area contributed by atoms with E-state index in [1.165, 1.54) is 0 Å².